The summed E-state index contributed by atoms with van der Waals surface area (Å²) in [5, 5.41) is 2.97. The van der Waals surface area contributed by atoms with Crippen LogP contribution in [0.25, 0.3) is 5.52 Å². The molecule has 6 heteroatoms. The number of hydrogen-bond donors (Lipinski definition) is 1. The number of rotatable bonds is 7. The molecule has 2 aromatic rings. The van der Waals surface area contributed by atoms with Crippen LogP contribution in [0.5, 0.6) is 0 Å². The molecule has 1 aliphatic rings. The second kappa shape index (κ2) is 8.84. The van der Waals surface area contributed by atoms with E-state index in [-0.39, 0.29) is 17.6 Å². The molecule has 3 rings (SSSR count). The molecule has 0 spiro atoms. The normalized spacial score (nSPS) is 14.1. The maximum Gasteiger partial charge on any atom is 0.290 e. The lowest BCUT2D eigenvalue weighted by molar-refractivity contribution is 0.0760. The van der Waals surface area contributed by atoms with Crippen molar-refractivity contribution in [2.45, 2.75) is 46.0 Å². The van der Waals surface area contributed by atoms with Gasteiger partial charge in [-0.25, -0.2) is 4.98 Å². The van der Waals surface area contributed by atoms with Gasteiger partial charge < -0.3 is 10.2 Å². The molecule has 2 amide bonds. The van der Waals surface area contributed by atoms with Crippen molar-refractivity contribution in [1.29, 1.82) is 0 Å². The van der Waals surface area contributed by atoms with E-state index in [2.05, 4.69) is 16.4 Å². The number of carbonyl (C=O) groups is 2. The summed E-state index contributed by atoms with van der Waals surface area (Å²) in [6.45, 7) is 5.67. The van der Waals surface area contributed by atoms with E-state index in [0.29, 0.717) is 30.8 Å². The topological polar surface area (TPSA) is 66.7 Å². The first kappa shape index (κ1) is 19.1. The summed E-state index contributed by atoms with van der Waals surface area (Å²) < 4.78 is 1.71. The Labute approximate surface area is 160 Å². The Morgan fingerprint density at radius 1 is 1.22 bits per heavy atom. The Bertz CT molecular complexity index is 849. The van der Waals surface area contributed by atoms with E-state index in [1.54, 1.807) is 15.5 Å². The Kier molecular flexibility index (Phi) is 6.27. The van der Waals surface area contributed by atoms with Crippen molar-refractivity contribution in [3.05, 3.63) is 47.6 Å². The number of imidazole rings is 1. The average molecular weight is 368 g/mol. The van der Waals surface area contributed by atoms with Crippen molar-refractivity contribution in [1.82, 2.24) is 19.6 Å². The second-order valence-corrected chi connectivity index (χ2v) is 6.83. The molecule has 0 bridgehead atoms. The maximum absolute atomic E-state index is 12.8. The van der Waals surface area contributed by atoms with Gasteiger partial charge in [-0.1, -0.05) is 17.7 Å². The Balaban J connectivity index is 1.78. The zero-order valence-corrected chi connectivity index (χ0v) is 16.2. The molecule has 0 saturated heterocycles. The molecule has 144 valence electrons. The standard InChI is InChI=1S/C21H28N4O2/c1-3-24(4-2)21(27)19-23-18(17-12-8-9-15-25(17)19)20(26)22-14-13-16-10-6-5-7-11-16/h8-10,12,15H,3-7,11,13-14H2,1-2H3,(H,22,26). The summed E-state index contributed by atoms with van der Waals surface area (Å²) in [5.74, 6) is -0.101. The third-order valence-corrected chi connectivity index (χ3v) is 5.12. The van der Waals surface area contributed by atoms with Gasteiger partial charge in [0.15, 0.2) is 5.69 Å². The Hall–Kier alpha value is -2.63. The van der Waals surface area contributed by atoms with Gasteiger partial charge in [-0.2, -0.15) is 0 Å². The lowest BCUT2D eigenvalue weighted by Crippen LogP contribution is -2.32. The summed E-state index contributed by atoms with van der Waals surface area (Å²) in [6, 6.07) is 5.52. The summed E-state index contributed by atoms with van der Waals surface area (Å²) in [5.41, 5.74) is 2.39. The van der Waals surface area contributed by atoms with E-state index < -0.39 is 0 Å². The largest absolute Gasteiger partial charge is 0.350 e. The fourth-order valence-electron chi connectivity index (χ4n) is 3.56. The average Bonchev–Trinajstić information content (AvgIpc) is 3.09. The van der Waals surface area contributed by atoms with Crippen LogP contribution in [-0.2, 0) is 0 Å². The molecule has 0 fully saturated rings. The van der Waals surface area contributed by atoms with E-state index in [1.165, 1.54) is 18.4 Å². The molecular weight excluding hydrogens is 340 g/mol. The highest BCUT2D eigenvalue weighted by Crippen LogP contribution is 2.20. The molecule has 0 aliphatic heterocycles. The van der Waals surface area contributed by atoms with Crippen molar-refractivity contribution in [3.8, 4) is 0 Å². The summed E-state index contributed by atoms with van der Waals surface area (Å²) in [7, 11) is 0. The van der Waals surface area contributed by atoms with Gasteiger partial charge in [-0.05, 0) is 58.1 Å². The first-order chi connectivity index (χ1) is 13.2. The molecule has 0 unspecified atom stereocenters. The first-order valence-electron chi connectivity index (χ1n) is 9.88. The lowest BCUT2D eigenvalue weighted by Gasteiger charge is -2.17. The summed E-state index contributed by atoms with van der Waals surface area (Å²) >= 11 is 0. The van der Waals surface area contributed by atoms with Crippen LogP contribution in [0.3, 0.4) is 0 Å². The number of nitrogens with zero attached hydrogens (tertiary/aromatic N) is 3. The van der Waals surface area contributed by atoms with Gasteiger partial charge in [0.25, 0.3) is 11.8 Å². The van der Waals surface area contributed by atoms with Gasteiger partial charge >= 0.3 is 0 Å². The maximum atomic E-state index is 12.8. The van der Waals surface area contributed by atoms with Crippen LogP contribution in [0, 0.1) is 0 Å². The zero-order chi connectivity index (χ0) is 19.2. The molecule has 0 saturated carbocycles. The van der Waals surface area contributed by atoms with Crippen LogP contribution in [0.1, 0.15) is 67.1 Å². The number of allylic oxidation sites excluding steroid dienone is 1. The third kappa shape index (κ3) is 4.21. The molecule has 27 heavy (non-hydrogen) atoms. The predicted molar refractivity (Wildman–Crippen MR) is 106 cm³/mol. The van der Waals surface area contributed by atoms with E-state index in [0.717, 1.165) is 19.3 Å². The Morgan fingerprint density at radius 3 is 2.74 bits per heavy atom. The minimum atomic E-state index is -0.228. The quantitative estimate of drug-likeness (QED) is 0.761. The van der Waals surface area contributed by atoms with Crippen LogP contribution in [-0.4, -0.2) is 45.7 Å². The molecule has 0 aromatic carbocycles. The lowest BCUT2D eigenvalue weighted by atomic mass is 9.97. The minimum absolute atomic E-state index is 0.160. The van der Waals surface area contributed by atoms with E-state index >= 15 is 0 Å². The number of fused-ring (bicyclic) bond motifs is 1. The molecule has 0 radical (unpaired) electrons. The molecular formula is C21H28N4O2. The zero-order valence-electron chi connectivity index (χ0n) is 16.2. The molecule has 1 N–H and O–H groups in total. The highest BCUT2D eigenvalue weighted by Gasteiger charge is 2.23. The highest BCUT2D eigenvalue weighted by molar-refractivity contribution is 6.02. The van der Waals surface area contributed by atoms with Crippen LogP contribution in [0.15, 0.2) is 36.0 Å². The van der Waals surface area contributed by atoms with Gasteiger partial charge in [-0.3, -0.25) is 14.0 Å². The van der Waals surface area contributed by atoms with E-state index in [1.807, 2.05) is 32.0 Å². The van der Waals surface area contributed by atoms with Gasteiger partial charge in [0.05, 0.1) is 5.52 Å². The number of hydrogen-bond acceptors (Lipinski definition) is 3. The summed E-state index contributed by atoms with van der Waals surface area (Å²) in [4.78, 5) is 31.6. The first-order valence-corrected chi connectivity index (χ1v) is 9.88. The SMILES string of the molecule is CCN(CC)C(=O)c1nc(C(=O)NCCC2=CCCCC2)c2ccccn12. The van der Waals surface area contributed by atoms with Crippen LogP contribution < -0.4 is 5.32 Å². The molecule has 0 atom stereocenters. The fraction of sp³-hybridized carbons (Fsp3) is 0.476. The van der Waals surface area contributed by atoms with E-state index in [9.17, 15) is 9.59 Å². The fourth-order valence-corrected chi connectivity index (χ4v) is 3.56. The van der Waals surface area contributed by atoms with Gasteiger partial charge in [0, 0.05) is 25.8 Å². The van der Waals surface area contributed by atoms with Crippen LogP contribution in [0.2, 0.25) is 0 Å². The van der Waals surface area contributed by atoms with Gasteiger partial charge in [0.2, 0.25) is 5.82 Å². The monoisotopic (exact) mass is 368 g/mol. The van der Waals surface area contributed by atoms with Crippen LogP contribution >= 0.6 is 0 Å². The van der Waals surface area contributed by atoms with Crippen molar-refractivity contribution < 1.29 is 9.59 Å². The third-order valence-electron chi connectivity index (χ3n) is 5.12. The number of pyridine rings is 1. The molecule has 6 nitrogen and oxygen atoms in total. The highest BCUT2D eigenvalue weighted by atomic mass is 16.2. The number of nitrogens with one attached hydrogen (secondary N) is 1. The van der Waals surface area contributed by atoms with E-state index in [4.69, 9.17) is 0 Å². The minimum Gasteiger partial charge on any atom is -0.350 e. The summed E-state index contributed by atoms with van der Waals surface area (Å²) in [6.07, 6.45) is 9.73. The second-order valence-electron chi connectivity index (χ2n) is 6.83. The Morgan fingerprint density at radius 2 is 2.04 bits per heavy atom. The van der Waals surface area contributed by atoms with Crippen molar-refractivity contribution in [3.63, 3.8) is 0 Å². The van der Waals surface area contributed by atoms with Crippen molar-refractivity contribution >= 4 is 17.3 Å². The van der Waals surface area contributed by atoms with Crippen molar-refractivity contribution in [2.24, 2.45) is 0 Å². The van der Waals surface area contributed by atoms with Crippen LogP contribution in [0.4, 0.5) is 0 Å². The molecule has 1 aliphatic carbocycles. The number of aromatic nitrogens is 2. The number of carbonyl (C=O) groups excluding carboxylic acids is 2. The molecule has 2 heterocycles. The smallest absolute Gasteiger partial charge is 0.290 e. The van der Waals surface area contributed by atoms with Crippen molar-refractivity contribution in [2.75, 3.05) is 19.6 Å². The number of amides is 2. The van der Waals surface area contributed by atoms with Gasteiger partial charge in [0.1, 0.15) is 0 Å². The predicted octanol–water partition coefficient (Wildman–Crippen LogP) is 3.44. The van der Waals surface area contributed by atoms with Gasteiger partial charge in [-0.15, -0.1) is 0 Å². The molecule has 2 aromatic heterocycles.